The van der Waals surface area contributed by atoms with Gasteiger partial charge in [0.05, 0.1) is 0 Å². The van der Waals surface area contributed by atoms with E-state index in [0.29, 0.717) is 5.92 Å². The molecule has 0 radical (unpaired) electrons. The summed E-state index contributed by atoms with van der Waals surface area (Å²) in [6.07, 6.45) is 3.46. The fraction of sp³-hybridized carbons (Fsp3) is 0.333. The third kappa shape index (κ3) is 4.15. The fourth-order valence-corrected chi connectivity index (χ4v) is 4.41. The minimum Gasteiger partial charge on any atom is -0.0622 e. The molecular weight excluding hydrogens is 360 g/mol. The van der Waals surface area contributed by atoms with Crippen molar-refractivity contribution in [1.29, 1.82) is 0 Å². The Balaban J connectivity index is 1.85. The standard InChI is InChI=1S/C30H34/c1-29(2,3)24-17-23(18-25(20-24)30(4,5)6)27-19-22-14-10-11-15-26(22)28(27)16-21-12-8-7-9-13-21/h7-15,17-20,28H,16H2,1-6H3. The van der Waals surface area contributed by atoms with Crippen LogP contribution in [-0.4, -0.2) is 0 Å². The van der Waals surface area contributed by atoms with Gasteiger partial charge >= 0.3 is 0 Å². The van der Waals surface area contributed by atoms with E-state index in [0.717, 1.165) is 6.42 Å². The molecule has 3 aromatic rings. The molecule has 0 saturated heterocycles. The molecule has 0 heteroatoms. The molecule has 30 heavy (non-hydrogen) atoms. The van der Waals surface area contributed by atoms with Gasteiger partial charge in [-0.3, -0.25) is 0 Å². The maximum absolute atomic E-state index is 2.44. The molecule has 0 heterocycles. The molecular formula is C30H34. The third-order valence-corrected chi connectivity index (χ3v) is 6.34. The largest absolute Gasteiger partial charge is 0.0622 e. The lowest BCUT2D eigenvalue weighted by atomic mass is 9.77. The molecule has 0 aromatic heterocycles. The van der Waals surface area contributed by atoms with Gasteiger partial charge in [0.1, 0.15) is 0 Å². The molecule has 0 nitrogen and oxygen atoms in total. The molecule has 1 aliphatic rings. The number of hydrogen-bond donors (Lipinski definition) is 0. The van der Waals surface area contributed by atoms with Gasteiger partial charge in [0.15, 0.2) is 0 Å². The quantitative estimate of drug-likeness (QED) is 0.420. The van der Waals surface area contributed by atoms with Gasteiger partial charge in [0.2, 0.25) is 0 Å². The first-order valence-corrected chi connectivity index (χ1v) is 11.1. The second-order valence-corrected chi connectivity index (χ2v) is 10.8. The number of fused-ring (bicyclic) bond motifs is 1. The molecule has 1 unspecified atom stereocenters. The van der Waals surface area contributed by atoms with Crippen molar-refractivity contribution >= 4 is 11.6 Å². The highest BCUT2D eigenvalue weighted by Crippen LogP contribution is 2.45. The number of allylic oxidation sites excluding steroid dienone is 1. The zero-order valence-electron chi connectivity index (χ0n) is 19.3. The topological polar surface area (TPSA) is 0 Å². The lowest BCUT2D eigenvalue weighted by Gasteiger charge is -2.27. The second kappa shape index (κ2) is 7.58. The summed E-state index contributed by atoms with van der Waals surface area (Å²) in [5, 5.41) is 0. The van der Waals surface area contributed by atoms with Gasteiger partial charge in [-0.25, -0.2) is 0 Å². The van der Waals surface area contributed by atoms with Crippen molar-refractivity contribution < 1.29 is 0 Å². The Bertz CT molecular complexity index is 1040. The van der Waals surface area contributed by atoms with E-state index in [2.05, 4.69) is 120 Å². The predicted octanol–water partition coefficient (Wildman–Crippen LogP) is 8.16. The summed E-state index contributed by atoms with van der Waals surface area (Å²) in [5.41, 5.74) is 10.1. The first-order valence-electron chi connectivity index (χ1n) is 11.1. The van der Waals surface area contributed by atoms with Crippen LogP contribution < -0.4 is 0 Å². The van der Waals surface area contributed by atoms with E-state index in [1.54, 1.807) is 0 Å². The highest BCUT2D eigenvalue weighted by Gasteiger charge is 2.28. The van der Waals surface area contributed by atoms with Gasteiger partial charge in [-0.2, -0.15) is 0 Å². The lowest BCUT2D eigenvalue weighted by molar-refractivity contribution is 0.568. The highest BCUT2D eigenvalue weighted by atomic mass is 14.3. The maximum Gasteiger partial charge on any atom is 0.0142 e. The van der Waals surface area contributed by atoms with Gasteiger partial charge in [-0.15, -0.1) is 0 Å². The third-order valence-electron chi connectivity index (χ3n) is 6.34. The van der Waals surface area contributed by atoms with E-state index in [1.807, 2.05) is 0 Å². The zero-order chi connectivity index (χ0) is 21.5. The smallest absolute Gasteiger partial charge is 0.0142 e. The summed E-state index contributed by atoms with van der Waals surface area (Å²) in [7, 11) is 0. The van der Waals surface area contributed by atoms with Crippen molar-refractivity contribution in [3.05, 3.63) is 106 Å². The fourth-order valence-electron chi connectivity index (χ4n) is 4.41. The van der Waals surface area contributed by atoms with Crippen molar-refractivity contribution in [2.45, 2.75) is 64.7 Å². The van der Waals surface area contributed by atoms with Gasteiger partial charge in [-0.05, 0) is 56.2 Å². The lowest BCUT2D eigenvalue weighted by Crippen LogP contribution is -2.17. The normalized spacial score (nSPS) is 16.3. The van der Waals surface area contributed by atoms with Gasteiger partial charge in [0.25, 0.3) is 0 Å². The van der Waals surface area contributed by atoms with E-state index < -0.39 is 0 Å². The van der Waals surface area contributed by atoms with Crippen LogP contribution in [-0.2, 0) is 17.3 Å². The molecule has 4 rings (SSSR count). The van der Waals surface area contributed by atoms with E-state index in [-0.39, 0.29) is 10.8 Å². The average molecular weight is 395 g/mol. The van der Waals surface area contributed by atoms with Crippen molar-refractivity contribution in [2.24, 2.45) is 0 Å². The van der Waals surface area contributed by atoms with Crippen LogP contribution in [0.3, 0.4) is 0 Å². The van der Waals surface area contributed by atoms with E-state index in [9.17, 15) is 0 Å². The van der Waals surface area contributed by atoms with Crippen LogP contribution in [0.5, 0.6) is 0 Å². The molecule has 1 atom stereocenters. The van der Waals surface area contributed by atoms with Crippen LogP contribution in [0.15, 0.2) is 72.8 Å². The van der Waals surface area contributed by atoms with Gasteiger partial charge < -0.3 is 0 Å². The summed E-state index contributed by atoms with van der Waals surface area (Å²) in [4.78, 5) is 0. The molecule has 3 aromatic carbocycles. The molecule has 0 aliphatic heterocycles. The summed E-state index contributed by atoms with van der Waals surface area (Å²) in [5.74, 6) is 0.395. The monoisotopic (exact) mass is 394 g/mol. The molecule has 0 fully saturated rings. The first-order chi connectivity index (χ1) is 14.1. The molecule has 0 amide bonds. The van der Waals surface area contributed by atoms with Gasteiger partial charge in [0, 0.05) is 5.92 Å². The average Bonchev–Trinajstić information content (AvgIpc) is 3.06. The van der Waals surface area contributed by atoms with E-state index in [4.69, 9.17) is 0 Å². The van der Waals surface area contributed by atoms with Crippen LogP contribution in [0.4, 0.5) is 0 Å². The SMILES string of the molecule is CC(C)(C)c1cc(C2=Cc3ccccc3C2Cc2ccccc2)cc(C(C)(C)C)c1. The van der Waals surface area contributed by atoms with Crippen LogP contribution in [0, 0.1) is 0 Å². The summed E-state index contributed by atoms with van der Waals surface area (Å²) in [6, 6.07) is 27.1. The van der Waals surface area contributed by atoms with Crippen LogP contribution in [0.25, 0.3) is 11.6 Å². The summed E-state index contributed by atoms with van der Waals surface area (Å²) >= 11 is 0. The van der Waals surface area contributed by atoms with Crippen molar-refractivity contribution in [3.63, 3.8) is 0 Å². The van der Waals surface area contributed by atoms with Crippen molar-refractivity contribution in [2.75, 3.05) is 0 Å². The van der Waals surface area contributed by atoms with Crippen LogP contribution in [0.1, 0.15) is 80.8 Å². The second-order valence-electron chi connectivity index (χ2n) is 10.8. The molecule has 1 aliphatic carbocycles. The Morgan fingerprint density at radius 3 is 1.83 bits per heavy atom. The van der Waals surface area contributed by atoms with Crippen molar-refractivity contribution in [3.8, 4) is 0 Å². The Kier molecular flexibility index (Phi) is 5.22. The molecule has 154 valence electrons. The highest BCUT2D eigenvalue weighted by molar-refractivity contribution is 5.92. The van der Waals surface area contributed by atoms with Crippen LogP contribution in [0.2, 0.25) is 0 Å². The van der Waals surface area contributed by atoms with Gasteiger partial charge in [-0.1, -0.05) is 120 Å². The van der Waals surface area contributed by atoms with E-state index >= 15 is 0 Å². The Morgan fingerprint density at radius 1 is 0.667 bits per heavy atom. The number of hydrogen-bond acceptors (Lipinski definition) is 0. The maximum atomic E-state index is 2.44. The summed E-state index contributed by atoms with van der Waals surface area (Å²) in [6.45, 7) is 13.9. The predicted molar refractivity (Wildman–Crippen MR) is 131 cm³/mol. The van der Waals surface area contributed by atoms with Crippen molar-refractivity contribution in [1.82, 2.24) is 0 Å². The van der Waals surface area contributed by atoms with Crippen LogP contribution >= 0.6 is 0 Å². The minimum absolute atomic E-state index is 0.122. The first kappa shape index (κ1) is 20.7. The Labute approximate surface area is 182 Å². The number of benzene rings is 3. The molecule has 0 N–H and O–H groups in total. The molecule has 0 bridgehead atoms. The Hall–Kier alpha value is -2.60. The zero-order valence-corrected chi connectivity index (χ0v) is 19.3. The minimum atomic E-state index is 0.122. The Morgan fingerprint density at radius 2 is 1.23 bits per heavy atom. The van der Waals surface area contributed by atoms with E-state index in [1.165, 1.54) is 39.0 Å². The number of rotatable bonds is 3. The molecule has 0 spiro atoms. The summed E-state index contributed by atoms with van der Waals surface area (Å²) < 4.78 is 0. The molecule has 0 saturated carbocycles.